The van der Waals surface area contributed by atoms with Gasteiger partial charge in [-0.15, -0.1) is 0 Å². The molecule has 1 aromatic carbocycles. The van der Waals surface area contributed by atoms with Crippen molar-refractivity contribution in [2.24, 2.45) is 11.3 Å². The summed E-state index contributed by atoms with van der Waals surface area (Å²) in [5.41, 5.74) is 3.05. The summed E-state index contributed by atoms with van der Waals surface area (Å²) in [7, 11) is 0. The second kappa shape index (κ2) is 5.49. The minimum absolute atomic E-state index is 0.107. The molecule has 0 unspecified atom stereocenters. The molecule has 3 N–H and O–H groups in total. The van der Waals surface area contributed by atoms with Gasteiger partial charge >= 0.3 is 0 Å². The SMILES string of the molecule is CC(C)c1cc2c(cc1O)[C@@]1(C)C[C@@H](O)C[C@@](C)(CO)[C@@H]1CC2. The van der Waals surface area contributed by atoms with Crippen LogP contribution in [0.4, 0.5) is 0 Å². The number of phenolic OH excluding ortho intramolecular Hbond substituents is 1. The van der Waals surface area contributed by atoms with Gasteiger partial charge < -0.3 is 15.3 Å². The summed E-state index contributed by atoms with van der Waals surface area (Å²) in [5.74, 6) is 0.997. The third-order valence-electron chi connectivity index (χ3n) is 6.53. The van der Waals surface area contributed by atoms with Crippen molar-refractivity contribution in [3.63, 3.8) is 0 Å². The number of aliphatic hydroxyl groups excluding tert-OH is 2. The van der Waals surface area contributed by atoms with Crippen LogP contribution in [0.2, 0.25) is 0 Å². The highest BCUT2D eigenvalue weighted by Gasteiger charge is 2.54. The Morgan fingerprint density at radius 1 is 1.22 bits per heavy atom. The van der Waals surface area contributed by atoms with E-state index in [-0.39, 0.29) is 17.4 Å². The Morgan fingerprint density at radius 2 is 1.91 bits per heavy atom. The first-order valence-electron chi connectivity index (χ1n) is 8.86. The van der Waals surface area contributed by atoms with E-state index in [9.17, 15) is 15.3 Å². The number of aryl methyl sites for hydroxylation is 1. The number of rotatable bonds is 2. The van der Waals surface area contributed by atoms with Gasteiger partial charge in [0.15, 0.2) is 0 Å². The molecule has 128 valence electrons. The second-order valence-electron chi connectivity index (χ2n) is 8.61. The van der Waals surface area contributed by atoms with Crippen molar-refractivity contribution >= 4 is 0 Å². The van der Waals surface area contributed by atoms with Crippen molar-refractivity contribution in [2.45, 2.75) is 70.8 Å². The van der Waals surface area contributed by atoms with Crippen molar-refractivity contribution in [1.29, 1.82) is 0 Å². The van der Waals surface area contributed by atoms with Gasteiger partial charge in [-0.05, 0) is 71.1 Å². The monoisotopic (exact) mass is 318 g/mol. The van der Waals surface area contributed by atoms with Gasteiger partial charge in [0.2, 0.25) is 0 Å². The summed E-state index contributed by atoms with van der Waals surface area (Å²) >= 11 is 0. The molecule has 1 saturated carbocycles. The van der Waals surface area contributed by atoms with Crippen LogP contribution < -0.4 is 0 Å². The van der Waals surface area contributed by atoms with Crippen LogP contribution in [-0.4, -0.2) is 28.0 Å². The Labute approximate surface area is 139 Å². The lowest BCUT2D eigenvalue weighted by molar-refractivity contribution is -0.0735. The van der Waals surface area contributed by atoms with Crippen molar-refractivity contribution in [3.05, 3.63) is 28.8 Å². The van der Waals surface area contributed by atoms with E-state index in [1.165, 1.54) is 11.1 Å². The molecule has 0 spiro atoms. The third kappa shape index (κ3) is 2.49. The van der Waals surface area contributed by atoms with Crippen LogP contribution in [0.1, 0.15) is 69.6 Å². The number of benzene rings is 1. The number of fused-ring (bicyclic) bond motifs is 3. The second-order valence-corrected chi connectivity index (χ2v) is 8.61. The van der Waals surface area contributed by atoms with Gasteiger partial charge in [0, 0.05) is 6.61 Å². The van der Waals surface area contributed by atoms with E-state index in [1.54, 1.807) is 0 Å². The molecule has 1 aromatic rings. The average molecular weight is 318 g/mol. The van der Waals surface area contributed by atoms with Gasteiger partial charge in [-0.1, -0.05) is 33.8 Å². The van der Waals surface area contributed by atoms with Crippen LogP contribution in [0.15, 0.2) is 12.1 Å². The van der Waals surface area contributed by atoms with E-state index in [0.29, 0.717) is 30.4 Å². The van der Waals surface area contributed by atoms with Gasteiger partial charge in [-0.25, -0.2) is 0 Å². The predicted molar refractivity (Wildman–Crippen MR) is 91.8 cm³/mol. The molecule has 0 aliphatic heterocycles. The van der Waals surface area contributed by atoms with E-state index in [2.05, 4.69) is 33.8 Å². The highest BCUT2D eigenvalue weighted by molar-refractivity contribution is 5.49. The van der Waals surface area contributed by atoms with Crippen molar-refractivity contribution < 1.29 is 15.3 Å². The summed E-state index contributed by atoms with van der Waals surface area (Å²) in [4.78, 5) is 0. The zero-order chi connectivity index (χ0) is 17.0. The lowest BCUT2D eigenvalue weighted by Gasteiger charge is -2.56. The molecule has 0 radical (unpaired) electrons. The molecule has 0 amide bonds. The van der Waals surface area contributed by atoms with Crippen LogP contribution in [-0.2, 0) is 11.8 Å². The quantitative estimate of drug-likeness (QED) is 0.782. The normalized spacial score (nSPS) is 36.7. The zero-order valence-electron chi connectivity index (χ0n) is 14.8. The van der Waals surface area contributed by atoms with Crippen LogP contribution in [0.5, 0.6) is 5.75 Å². The molecule has 0 aromatic heterocycles. The maximum absolute atomic E-state index is 10.5. The largest absolute Gasteiger partial charge is 0.508 e. The lowest BCUT2D eigenvalue weighted by atomic mass is 9.49. The molecular formula is C20H30O3. The number of aliphatic hydroxyl groups is 2. The van der Waals surface area contributed by atoms with E-state index in [4.69, 9.17) is 0 Å². The molecule has 2 aliphatic rings. The van der Waals surface area contributed by atoms with Gasteiger partial charge in [0.1, 0.15) is 5.75 Å². The Kier molecular flexibility index (Phi) is 4.01. The minimum Gasteiger partial charge on any atom is -0.508 e. The van der Waals surface area contributed by atoms with Crippen LogP contribution in [0.25, 0.3) is 0 Å². The Bertz CT molecular complexity index is 609. The molecule has 23 heavy (non-hydrogen) atoms. The number of hydrogen-bond acceptors (Lipinski definition) is 3. The molecule has 2 aliphatic carbocycles. The van der Waals surface area contributed by atoms with Crippen LogP contribution in [0, 0.1) is 11.3 Å². The fourth-order valence-electron chi connectivity index (χ4n) is 5.45. The molecule has 0 heterocycles. The van der Waals surface area contributed by atoms with Crippen molar-refractivity contribution in [2.75, 3.05) is 6.61 Å². The number of phenols is 1. The minimum atomic E-state index is -0.397. The molecule has 1 fully saturated rings. The number of aromatic hydroxyl groups is 1. The summed E-state index contributed by atoms with van der Waals surface area (Å²) in [6, 6.07) is 4.10. The molecule has 0 saturated heterocycles. The molecule has 0 bridgehead atoms. The summed E-state index contributed by atoms with van der Waals surface area (Å²) in [6.07, 6.45) is 3.00. The van der Waals surface area contributed by atoms with Gasteiger partial charge in [-0.2, -0.15) is 0 Å². The van der Waals surface area contributed by atoms with E-state index in [0.717, 1.165) is 18.4 Å². The predicted octanol–water partition coefficient (Wildman–Crippen LogP) is 3.49. The topological polar surface area (TPSA) is 60.7 Å². The first-order chi connectivity index (χ1) is 10.7. The molecule has 3 heteroatoms. The van der Waals surface area contributed by atoms with E-state index in [1.807, 2.05) is 6.07 Å². The molecule has 3 nitrogen and oxygen atoms in total. The highest BCUT2D eigenvalue weighted by atomic mass is 16.3. The molecule has 4 atom stereocenters. The number of hydrogen-bond donors (Lipinski definition) is 3. The Hall–Kier alpha value is -1.06. The van der Waals surface area contributed by atoms with Crippen LogP contribution in [0.3, 0.4) is 0 Å². The average Bonchev–Trinajstić information content (AvgIpc) is 2.46. The van der Waals surface area contributed by atoms with Gasteiger partial charge in [-0.3, -0.25) is 0 Å². The van der Waals surface area contributed by atoms with Crippen molar-refractivity contribution in [1.82, 2.24) is 0 Å². The Balaban J connectivity index is 2.13. The van der Waals surface area contributed by atoms with Crippen LogP contribution >= 0.6 is 0 Å². The molecule has 3 rings (SSSR count). The zero-order valence-corrected chi connectivity index (χ0v) is 14.8. The first kappa shape index (κ1) is 16.8. The van der Waals surface area contributed by atoms with E-state index < -0.39 is 6.10 Å². The fourth-order valence-corrected chi connectivity index (χ4v) is 5.45. The summed E-state index contributed by atoms with van der Waals surface area (Å²) in [5, 5.41) is 30.9. The summed E-state index contributed by atoms with van der Waals surface area (Å²) < 4.78 is 0. The Morgan fingerprint density at radius 3 is 2.52 bits per heavy atom. The smallest absolute Gasteiger partial charge is 0.119 e. The standard InChI is InChI=1S/C20H30O3/c1-12(2)15-7-13-5-6-18-19(3,11-21)9-14(22)10-20(18,4)16(13)8-17(15)23/h7-8,12,14,18,21-23H,5-6,9-11H2,1-4H3/t14-,18-,19-,20+/m0/s1. The first-order valence-corrected chi connectivity index (χ1v) is 8.86. The third-order valence-corrected chi connectivity index (χ3v) is 6.53. The van der Waals surface area contributed by atoms with E-state index >= 15 is 0 Å². The van der Waals surface area contributed by atoms with Gasteiger partial charge in [0.25, 0.3) is 0 Å². The fraction of sp³-hybridized carbons (Fsp3) is 0.700. The summed E-state index contributed by atoms with van der Waals surface area (Å²) in [6.45, 7) is 8.62. The maximum Gasteiger partial charge on any atom is 0.119 e. The lowest BCUT2D eigenvalue weighted by Crippen LogP contribution is -2.54. The van der Waals surface area contributed by atoms with Gasteiger partial charge in [0.05, 0.1) is 6.10 Å². The maximum atomic E-state index is 10.5. The highest BCUT2D eigenvalue weighted by Crippen LogP contribution is 2.57. The van der Waals surface area contributed by atoms with Crippen molar-refractivity contribution in [3.8, 4) is 5.75 Å². The molecular weight excluding hydrogens is 288 g/mol.